The van der Waals surface area contributed by atoms with Gasteiger partial charge in [-0.15, -0.1) is 0 Å². The Bertz CT molecular complexity index is 284. The molecule has 0 atom stereocenters. The highest BCUT2D eigenvalue weighted by Crippen LogP contribution is 2.17. The molecule has 0 aliphatic rings. The first-order valence-corrected chi connectivity index (χ1v) is 5.33. The van der Waals surface area contributed by atoms with Gasteiger partial charge in [0.05, 0.1) is 0 Å². The van der Waals surface area contributed by atoms with Gasteiger partial charge in [-0.2, -0.15) is 5.26 Å². The summed E-state index contributed by atoms with van der Waals surface area (Å²) in [6.45, 7) is 2.19. The van der Waals surface area contributed by atoms with Crippen LogP contribution in [0.2, 0.25) is 0 Å². The summed E-state index contributed by atoms with van der Waals surface area (Å²) in [6.07, 6.45) is 3.62. The molecule has 0 aliphatic heterocycles. The maximum absolute atomic E-state index is 8.44. The van der Waals surface area contributed by atoms with Gasteiger partial charge in [0.15, 0.2) is 0 Å². The first-order valence-electron chi connectivity index (χ1n) is 4.51. The highest BCUT2D eigenvalue weighted by molar-refractivity contribution is 8.03. The molecule has 2 heteroatoms. The molecule has 0 radical (unpaired) electrons. The van der Waals surface area contributed by atoms with E-state index in [9.17, 15) is 0 Å². The molecule has 1 aromatic rings. The first-order chi connectivity index (χ1) is 6.36. The molecule has 0 aromatic heterocycles. The molecule has 13 heavy (non-hydrogen) atoms. The van der Waals surface area contributed by atoms with Crippen molar-refractivity contribution in [1.29, 1.82) is 5.26 Å². The van der Waals surface area contributed by atoms with Crippen molar-refractivity contribution in [2.45, 2.75) is 31.1 Å². The van der Waals surface area contributed by atoms with Gasteiger partial charge in [-0.25, -0.2) is 0 Å². The average molecular weight is 191 g/mol. The molecule has 0 amide bonds. The Labute approximate surface area is 83.8 Å². The van der Waals surface area contributed by atoms with Crippen LogP contribution in [0.5, 0.6) is 0 Å². The number of hydrogen-bond donors (Lipinski definition) is 0. The van der Waals surface area contributed by atoms with Crippen LogP contribution in [0.4, 0.5) is 0 Å². The molecule has 1 nitrogen and oxygen atoms in total. The van der Waals surface area contributed by atoms with E-state index in [1.54, 1.807) is 0 Å². The summed E-state index contributed by atoms with van der Waals surface area (Å²) in [5.41, 5.74) is 1.36. The summed E-state index contributed by atoms with van der Waals surface area (Å²) in [5.74, 6) is 0. The number of hydrogen-bond acceptors (Lipinski definition) is 2. The van der Waals surface area contributed by atoms with E-state index in [1.807, 2.05) is 12.1 Å². The smallest absolute Gasteiger partial charge is 0.138 e. The number of nitrogens with zero attached hydrogens (tertiary/aromatic N) is 1. The van der Waals surface area contributed by atoms with Crippen molar-refractivity contribution in [3.63, 3.8) is 0 Å². The van der Waals surface area contributed by atoms with Crippen molar-refractivity contribution < 1.29 is 0 Å². The van der Waals surface area contributed by atoms with Crippen LogP contribution in [-0.2, 0) is 6.42 Å². The quantitative estimate of drug-likeness (QED) is 0.536. The molecule has 0 saturated heterocycles. The Morgan fingerprint density at radius 3 is 2.54 bits per heavy atom. The van der Waals surface area contributed by atoms with Gasteiger partial charge in [0, 0.05) is 4.90 Å². The van der Waals surface area contributed by atoms with E-state index in [2.05, 4.69) is 24.5 Å². The molecule has 0 aliphatic carbocycles. The third-order valence-electron chi connectivity index (χ3n) is 1.91. The number of aryl methyl sites for hydroxylation is 1. The zero-order valence-electron chi connectivity index (χ0n) is 7.79. The van der Waals surface area contributed by atoms with Crippen LogP contribution in [-0.4, -0.2) is 0 Å². The summed E-state index contributed by atoms with van der Waals surface area (Å²) in [6, 6.07) is 8.24. The van der Waals surface area contributed by atoms with E-state index >= 15 is 0 Å². The Balaban J connectivity index is 2.55. The molecule has 1 aromatic carbocycles. The van der Waals surface area contributed by atoms with Gasteiger partial charge < -0.3 is 0 Å². The second-order valence-corrected chi connectivity index (χ2v) is 3.80. The number of thiocyanates is 1. The molecule has 1 rings (SSSR count). The highest BCUT2D eigenvalue weighted by atomic mass is 32.2. The molecule has 0 unspecified atom stereocenters. The summed E-state index contributed by atoms with van der Waals surface area (Å²) in [7, 11) is 0. The Kier molecular flexibility index (Phi) is 4.42. The maximum Gasteiger partial charge on any atom is 0.138 e. The minimum Gasteiger partial charge on any atom is -0.185 e. The van der Waals surface area contributed by atoms with Gasteiger partial charge in [-0.3, -0.25) is 0 Å². The summed E-state index contributed by atoms with van der Waals surface area (Å²) >= 11 is 1.21. The molecular weight excluding hydrogens is 178 g/mol. The van der Waals surface area contributed by atoms with Crippen molar-refractivity contribution in [3.8, 4) is 5.40 Å². The van der Waals surface area contributed by atoms with Crippen LogP contribution in [0.3, 0.4) is 0 Å². The first kappa shape index (κ1) is 10.1. The molecule has 0 saturated carbocycles. The minimum absolute atomic E-state index is 1.03. The lowest BCUT2D eigenvalue weighted by atomic mass is 10.1. The highest BCUT2D eigenvalue weighted by Gasteiger charge is 1.94. The van der Waals surface area contributed by atoms with Crippen LogP contribution in [0.25, 0.3) is 0 Å². The standard InChI is InChI=1S/C11H13NS/c1-2-3-4-10-5-7-11(8-6-10)13-9-12/h5-8H,2-4H2,1H3. The second kappa shape index (κ2) is 5.66. The van der Waals surface area contributed by atoms with Crippen LogP contribution in [0.15, 0.2) is 29.2 Å². The summed E-state index contributed by atoms with van der Waals surface area (Å²) in [4.78, 5) is 1.03. The molecule has 0 spiro atoms. The van der Waals surface area contributed by atoms with Crippen molar-refractivity contribution >= 4 is 11.8 Å². The average Bonchev–Trinajstić information content (AvgIpc) is 2.17. The van der Waals surface area contributed by atoms with Gasteiger partial charge in [0.2, 0.25) is 0 Å². The van der Waals surface area contributed by atoms with Crippen LogP contribution in [0, 0.1) is 10.7 Å². The maximum atomic E-state index is 8.44. The predicted molar refractivity (Wildman–Crippen MR) is 56.5 cm³/mol. The van der Waals surface area contributed by atoms with E-state index in [1.165, 1.54) is 30.2 Å². The van der Waals surface area contributed by atoms with Crippen molar-refractivity contribution in [2.24, 2.45) is 0 Å². The molecular formula is C11H13NS. The minimum atomic E-state index is 1.03. The fourth-order valence-electron chi connectivity index (χ4n) is 1.16. The van der Waals surface area contributed by atoms with Crippen LogP contribution >= 0.6 is 11.8 Å². The summed E-state index contributed by atoms with van der Waals surface area (Å²) < 4.78 is 0. The fourth-order valence-corrected chi connectivity index (χ4v) is 1.54. The predicted octanol–water partition coefficient (Wildman–Crippen LogP) is 3.60. The van der Waals surface area contributed by atoms with E-state index in [0.29, 0.717) is 0 Å². The molecule has 0 bridgehead atoms. The fraction of sp³-hybridized carbons (Fsp3) is 0.364. The number of nitriles is 1. The van der Waals surface area contributed by atoms with Gasteiger partial charge in [-0.05, 0) is 42.3 Å². The lowest BCUT2D eigenvalue weighted by Crippen LogP contribution is -1.83. The van der Waals surface area contributed by atoms with Crippen molar-refractivity contribution in [3.05, 3.63) is 29.8 Å². The molecule has 0 N–H and O–H groups in total. The Morgan fingerprint density at radius 2 is 2.00 bits per heavy atom. The molecule has 0 fully saturated rings. The molecule has 0 heterocycles. The number of unbranched alkanes of at least 4 members (excludes halogenated alkanes) is 1. The topological polar surface area (TPSA) is 23.8 Å². The van der Waals surface area contributed by atoms with Crippen LogP contribution < -0.4 is 0 Å². The monoisotopic (exact) mass is 191 g/mol. The normalized spacial score (nSPS) is 9.54. The summed E-state index contributed by atoms with van der Waals surface area (Å²) in [5, 5.41) is 10.5. The second-order valence-electron chi connectivity index (χ2n) is 2.94. The SMILES string of the molecule is CCCCc1ccc(SC#N)cc1. The lowest BCUT2D eigenvalue weighted by Gasteiger charge is -1.99. The third kappa shape index (κ3) is 3.52. The number of benzene rings is 1. The third-order valence-corrected chi connectivity index (χ3v) is 2.51. The number of rotatable bonds is 4. The van der Waals surface area contributed by atoms with Crippen LogP contribution in [0.1, 0.15) is 25.3 Å². The van der Waals surface area contributed by atoms with Gasteiger partial charge in [0.25, 0.3) is 0 Å². The van der Waals surface area contributed by atoms with Crippen molar-refractivity contribution in [2.75, 3.05) is 0 Å². The largest absolute Gasteiger partial charge is 0.185 e. The Hall–Kier alpha value is -0.940. The van der Waals surface area contributed by atoms with E-state index in [4.69, 9.17) is 5.26 Å². The Morgan fingerprint density at radius 1 is 1.31 bits per heavy atom. The van der Waals surface area contributed by atoms with Gasteiger partial charge >= 0.3 is 0 Å². The zero-order valence-corrected chi connectivity index (χ0v) is 8.60. The van der Waals surface area contributed by atoms with E-state index in [-0.39, 0.29) is 0 Å². The van der Waals surface area contributed by atoms with Crippen molar-refractivity contribution in [1.82, 2.24) is 0 Å². The van der Waals surface area contributed by atoms with E-state index < -0.39 is 0 Å². The molecule has 68 valence electrons. The lowest BCUT2D eigenvalue weighted by molar-refractivity contribution is 0.794. The van der Waals surface area contributed by atoms with E-state index in [0.717, 1.165) is 11.3 Å². The van der Waals surface area contributed by atoms with Gasteiger partial charge in [0.1, 0.15) is 5.40 Å². The van der Waals surface area contributed by atoms with Gasteiger partial charge in [-0.1, -0.05) is 25.5 Å². The number of thioether (sulfide) groups is 1. The zero-order chi connectivity index (χ0) is 9.52.